The lowest BCUT2D eigenvalue weighted by molar-refractivity contribution is -0.143. The molecule has 2 saturated carbocycles. The number of nitrogens with one attached hydrogen (secondary N) is 1. The number of hydrogen-bond donors (Lipinski definition) is 1. The summed E-state index contributed by atoms with van der Waals surface area (Å²) < 4.78 is 0. The fourth-order valence-corrected chi connectivity index (χ4v) is 4.82. The van der Waals surface area contributed by atoms with Crippen LogP contribution in [-0.4, -0.2) is 22.7 Å². The van der Waals surface area contributed by atoms with Crippen LogP contribution in [0.4, 0.5) is 0 Å². The van der Waals surface area contributed by atoms with E-state index in [9.17, 15) is 14.4 Å². The summed E-state index contributed by atoms with van der Waals surface area (Å²) in [6, 6.07) is 8.63. The molecule has 0 unspecified atom stereocenters. The Hall–Kier alpha value is -2.43. The van der Waals surface area contributed by atoms with Crippen molar-refractivity contribution < 1.29 is 14.4 Å². The highest BCUT2D eigenvalue weighted by Gasteiger charge is 2.67. The molecule has 5 nitrogen and oxygen atoms in total. The molecule has 1 aliphatic heterocycles. The van der Waals surface area contributed by atoms with Crippen molar-refractivity contribution in [3.63, 3.8) is 0 Å². The second kappa shape index (κ2) is 4.31. The third kappa shape index (κ3) is 1.65. The van der Waals surface area contributed by atoms with Crippen molar-refractivity contribution in [3.8, 4) is 0 Å². The van der Waals surface area contributed by atoms with Gasteiger partial charge < -0.3 is 0 Å². The van der Waals surface area contributed by atoms with E-state index >= 15 is 0 Å². The molecular weight excluding hydrogens is 292 g/mol. The lowest BCUT2D eigenvalue weighted by Crippen LogP contribution is -2.46. The van der Waals surface area contributed by atoms with E-state index in [0.29, 0.717) is 17.4 Å². The van der Waals surface area contributed by atoms with E-state index in [2.05, 4.69) is 17.6 Å². The van der Waals surface area contributed by atoms with Gasteiger partial charge in [0.05, 0.1) is 11.8 Å². The van der Waals surface area contributed by atoms with Gasteiger partial charge in [-0.1, -0.05) is 30.4 Å². The molecular formula is C18H16N2O3. The molecule has 5 aliphatic rings. The van der Waals surface area contributed by atoms with Crippen LogP contribution in [0.1, 0.15) is 16.8 Å². The van der Waals surface area contributed by atoms with Gasteiger partial charge in [0, 0.05) is 5.56 Å². The van der Waals surface area contributed by atoms with E-state index < -0.39 is 5.91 Å². The first-order chi connectivity index (χ1) is 11.2. The molecule has 3 amide bonds. The average molecular weight is 308 g/mol. The molecule has 1 heterocycles. The maximum atomic E-state index is 12.7. The van der Waals surface area contributed by atoms with Gasteiger partial charge in [-0.3, -0.25) is 19.8 Å². The van der Waals surface area contributed by atoms with Crippen LogP contribution < -0.4 is 5.43 Å². The Balaban J connectivity index is 1.42. The SMILES string of the molecule is O=C(NN1C(=O)[C@@H]2[C@@H]3C=C[C@@H]([C@@H]4C[C@H]34)[C@@H]2C1=O)c1ccccc1. The topological polar surface area (TPSA) is 66.5 Å². The van der Waals surface area contributed by atoms with Gasteiger partial charge in [-0.25, -0.2) is 0 Å². The fourth-order valence-electron chi connectivity index (χ4n) is 4.82. The van der Waals surface area contributed by atoms with E-state index in [1.165, 1.54) is 0 Å². The summed E-state index contributed by atoms with van der Waals surface area (Å²) in [5.74, 6) is 0.00438. The fraction of sp³-hybridized carbons (Fsp3) is 0.389. The Kier molecular flexibility index (Phi) is 2.45. The largest absolute Gasteiger partial charge is 0.272 e. The molecule has 6 atom stereocenters. The molecule has 0 aromatic heterocycles. The molecule has 5 heteroatoms. The molecule has 23 heavy (non-hydrogen) atoms. The monoisotopic (exact) mass is 308 g/mol. The Morgan fingerprint density at radius 3 is 2.09 bits per heavy atom. The third-order valence-corrected chi connectivity index (χ3v) is 5.91. The summed E-state index contributed by atoms with van der Waals surface area (Å²) in [5, 5.41) is 0.975. The van der Waals surface area contributed by atoms with Crippen LogP contribution in [0, 0.1) is 35.5 Å². The highest BCUT2D eigenvalue weighted by Crippen LogP contribution is 2.65. The quantitative estimate of drug-likeness (QED) is 0.663. The van der Waals surface area contributed by atoms with Crippen molar-refractivity contribution >= 4 is 17.7 Å². The Bertz CT molecular complexity index is 721. The molecule has 3 fully saturated rings. The van der Waals surface area contributed by atoms with Crippen LogP contribution in [0.3, 0.4) is 0 Å². The van der Waals surface area contributed by atoms with E-state index in [-0.39, 0.29) is 35.5 Å². The first-order valence-electron chi connectivity index (χ1n) is 8.09. The number of carbonyl (C=O) groups excluding carboxylic acids is 3. The molecule has 116 valence electrons. The van der Waals surface area contributed by atoms with Crippen molar-refractivity contribution in [2.45, 2.75) is 6.42 Å². The molecule has 4 aliphatic carbocycles. The highest BCUT2D eigenvalue weighted by atomic mass is 16.2. The first kappa shape index (κ1) is 13.0. The lowest BCUT2D eigenvalue weighted by Gasteiger charge is -2.37. The van der Waals surface area contributed by atoms with E-state index in [0.717, 1.165) is 11.4 Å². The molecule has 2 bridgehead atoms. The second-order valence-corrected chi connectivity index (χ2v) is 6.97. The summed E-state index contributed by atoms with van der Waals surface area (Å²) in [5.41, 5.74) is 2.95. The van der Waals surface area contributed by atoms with Crippen molar-refractivity contribution in [1.29, 1.82) is 0 Å². The van der Waals surface area contributed by atoms with E-state index in [1.54, 1.807) is 24.3 Å². The van der Waals surface area contributed by atoms with E-state index in [1.807, 2.05) is 6.07 Å². The molecule has 1 N–H and O–H groups in total. The number of carbonyl (C=O) groups is 3. The number of hydrazine groups is 1. The Morgan fingerprint density at radius 2 is 1.52 bits per heavy atom. The first-order valence-corrected chi connectivity index (χ1v) is 8.09. The number of hydrogen-bond acceptors (Lipinski definition) is 3. The van der Waals surface area contributed by atoms with Crippen LogP contribution in [0.5, 0.6) is 0 Å². The minimum atomic E-state index is -0.420. The number of nitrogens with zero attached hydrogens (tertiary/aromatic N) is 1. The second-order valence-electron chi connectivity index (χ2n) is 6.97. The minimum absolute atomic E-state index is 0.171. The predicted molar refractivity (Wildman–Crippen MR) is 80.5 cm³/mol. The number of amides is 3. The zero-order valence-corrected chi connectivity index (χ0v) is 12.4. The van der Waals surface area contributed by atoms with Gasteiger partial charge in [0.25, 0.3) is 17.7 Å². The zero-order chi connectivity index (χ0) is 15.7. The van der Waals surface area contributed by atoms with Crippen molar-refractivity contribution in [3.05, 3.63) is 48.0 Å². The number of allylic oxidation sites excluding steroid dienone is 2. The Morgan fingerprint density at radius 1 is 0.957 bits per heavy atom. The van der Waals surface area contributed by atoms with Crippen LogP contribution >= 0.6 is 0 Å². The number of benzene rings is 1. The average Bonchev–Trinajstić information content (AvgIpc) is 3.37. The molecule has 1 saturated heterocycles. The van der Waals surface area contributed by atoms with Gasteiger partial charge in [-0.15, -0.1) is 0 Å². The zero-order valence-electron chi connectivity index (χ0n) is 12.4. The minimum Gasteiger partial charge on any atom is -0.272 e. The predicted octanol–water partition coefficient (Wildman–Crippen LogP) is 1.38. The van der Waals surface area contributed by atoms with Crippen molar-refractivity contribution in [2.24, 2.45) is 35.5 Å². The lowest BCUT2D eigenvalue weighted by atomic mass is 9.63. The van der Waals surface area contributed by atoms with Gasteiger partial charge in [0.1, 0.15) is 0 Å². The van der Waals surface area contributed by atoms with Crippen LogP contribution in [-0.2, 0) is 9.59 Å². The summed E-state index contributed by atoms with van der Waals surface area (Å²) in [7, 11) is 0. The van der Waals surface area contributed by atoms with Crippen LogP contribution in [0.2, 0.25) is 0 Å². The number of rotatable bonds is 2. The molecule has 1 aromatic carbocycles. The van der Waals surface area contributed by atoms with Gasteiger partial charge in [-0.2, -0.15) is 5.01 Å². The molecule has 0 radical (unpaired) electrons. The standard InChI is InChI=1S/C18H16N2O3/c21-16(9-4-2-1-3-5-9)19-20-17(22)14-10-6-7-11(13-8-12(10)13)15(14)18(20)23/h1-7,10-15H,8H2,(H,19,21)/t10-,11+,12-,13+,14-,15+. The highest BCUT2D eigenvalue weighted by molar-refractivity contribution is 6.08. The van der Waals surface area contributed by atoms with Crippen molar-refractivity contribution in [1.82, 2.24) is 10.4 Å². The summed E-state index contributed by atoms with van der Waals surface area (Å²) >= 11 is 0. The maximum Gasteiger partial charge on any atom is 0.270 e. The van der Waals surface area contributed by atoms with Gasteiger partial charge in [0.2, 0.25) is 0 Å². The van der Waals surface area contributed by atoms with Gasteiger partial charge in [0.15, 0.2) is 0 Å². The van der Waals surface area contributed by atoms with Crippen LogP contribution in [0.15, 0.2) is 42.5 Å². The van der Waals surface area contributed by atoms with Gasteiger partial charge in [-0.05, 0) is 42.2 Å². The van der Waals surface area contributed by atoms with Crippen molar-refractivity contribution in [2.75, 3.05) is 0 Å². The summed E-state index contributed by atoms with van der Waals surface area (Å²) in [6.07, 6.45) is 5.37. The van der Waals surface area contributed by atoms with Gasteiger partial charge >= 0.3 is 0 Å². The molecule has 6 rings (SSSR count). The summed E-state index contributed by atoms with van der Waals surface area (Å²) in [6.45, 7) is 0. The Labute approximate surface area is 133 Å². The molecule has 0 spiro atoms. The van der Waals surface area contributed by atoms with E-state index in [4.69, 9.17) is 0 Å². The maximum absolute atomic E-state index is 12.7. The number of imide groups is 1. The normalized spacial score (nSPS) is 39.2. The third-order valence-electron chi connectivity index (χ3n) is 5.91. The smallest absolute Gasteiger partial charge is 0.270 e. The molecule has 1 aromatic rings. The van der Waals surface area contributed by atoms with Crippen LogP contribution in [0.25, 0.3) is 0 Å². The summed E-state index contributed by atoms with van der Waals surface area (Å²) in [4.78, 5) is 37.7.